The maximum absolute atomic E-state index is 12.3. The van der Waals surface area contributed by atoms with Gasteiger partial charge >= 0.3 is 0 Å². The van der Waals surface area contributed by atoms with E-state index in [9.17, 15) is 9.59 Å². The fourth-order valence-corrected chi connectivity index (χ4v) is 3.42. The molecule has 7 heteroatoms. The van der Waals surface area contributed by atoms with Crippen LogP contribution in [0.3, 0.4) is 0 Å². The minimum atomic E-state index is -0.709. The molecule has 0 atom stereocenters. The summed E-state index contributed by atoms with van der Waals surface area (Å²) >= 11 is 0. The van der Waals surface area contributed by atoms with Crippen LogP contribution in [-0.2, 0) is 9.59 Å². The van der Waals surface area contributed by atoms with Crippen molar-refractivity contribution in [2.75, 3.05) is 24.6 Å². The van der Waals surface area contributed by atoms with Crippen LogP contribution in [0.4, 0.5) is 5.69 Å². The normalized spacial score (nSPS) is 18.6. The number of benzene rings is 1. The van der Waals surface area contributed by atoms with E-state index in [1.165, 1.54) is 0 Å². The minimum Gasteiger partial charge on any atom is -0.482 e. The third-order valence-corrected chi connectivity index (χ3v) is 4.85. The van der Waals surface area contributed by atoms with Crippen molar-refractivity contribution in [3.63, 3.8) is 0 Å². The zero-order valence-corrected chi connectivity index (χ0v) is 15.1. The SMILES string of the molecule is Cl.NC1(C(=O)NCCCN2C(=O)COc3ccccc32)CCCCC1. The van der Waals surface area contributed by atoms with Crippen LogP contribution in [-0.4, -0.2) is 37.0 Å². The van der Waals surface area contributed by atoms with E-state index >= 15 is 0 Å². The van der Waals surface area contributed by atoms with Gasteiger partial charge in [0.1, 0.15) is 5.75 Å². The van der Waals surface area contributed by atoms with Gasteiger partial charge < -0.3 is 20.7 Å². The largest absolute Gasteiger partial charge is 0.482 e. The second kappa shape index (κ2) is 8.54. The molecule has 1 fully saturated rings. The van der Waals surface area contributed by atoms with Crippen molar-refractivity contribution in [2.45, 2.75) is 44.1 Å². The van der Waals surface area contributed by atoms with Gasteiger partial charge in [-0.25, -0.2) is 0 Å². The highest BCUT2D eigenvalue weighted by molar-refractivity contribution is 5.97. The molecule has 2 amide bonds. The molecule has 0 unspecified atom stereocenters. The third-order valence-electron chi connectivity index (χ3n) is 4.85. The molecule has 1 aromatic carbocycles. The number of fused-ring (bicyclic) bond motifs is 1. The van der Waals surface area contributed by atoms with Crippen molar-refractivity contribution in [1.82, 2.24) is 5.32 Å². The van der Waals surface area contributed by atoms with Gasteiger partial charge in [0.25, 0.3) is 5.91 Å². The number of hydrogen-bond donors (Lipinski definition) is 2. The number of halogens is 1. The van der Waals surface area contributed by atoms with Crippen LogP contribution >= 0.6 is 12.4 Å². The lowest BCUT2D eigenvalue weighted by Gasteiger charge is -2.32. The summed E-state index contributed by atoms with van der Waals surface area (Å²) in [4.78, 5) is 26.1. The van der Waals surface area contributed by atoms with Crippen LogP contribution in [0.25, 0.3) is 0 Å². The zero-order valence-electron chi connectivity index (χ0n) is 14.3. The molecular formula is C18H26ClN3O3. The van der Waals surface area contributed by atoms with Gasteiger partial charge in [0.05, 0.1) is 11.2 Å². The smallest absolute Gasteiger partial charge is 0.265 e. The predicted molar refractivity (Wildman–Crippen MR) is 99.2 cm³/mol. The van der Waals surface area contributed by atoms with E-state index in [1.54, 1.807) is 4.90 Å². The van der Waals surface area contributed by atoms with Gasteiger partial charge in [-0.15, -0.1) is 12.4 Å². The summed E-state index contributed by atoms with van der Waals surface area (Å²) in [7, 11) is 0. The monoisotopic (exact) mass is 367 g/mol. The quantitative estimate of drug-likeness (QED) is 0.779. The number of hydrogen-bond acceptors (Lipinski definition) is 4. The Balaban J connectivity index is 0.00000225. The van der Waals surface area contributed by atoms with Crippen LogP contribution in [0.1, 0.15) is 38.5 Å². The zero-order chi connectivity index (χ0) is 17.0. The molecule has 25 heavy (non-hydrogen) atoms. The van der Waals surface area contributed by atoms with Gasteiger partial charge in [0, 0.05) is 13.1 Å². The summed E-state index contributed by atoms with van der Waals surface area (Å²) in [6.07, 6.45) is 5.39. The maximum atomic E-state index is 12.3. The molecule has 138 valence electrons. The van der Waals surface area contributed by atoms with Gasteiger partial charge in [-0.05, 0) is 31.4 Å². The lowest BCUT2D eigenvalue weighted by Crippen LogP contribution is -2.55. The molecule has 6 nitrogen and oxygen atoms in total. The minimum absolute atomic E-state index is 0. The first-order chi connectivity index (χ1) is 11.6. The number of para-hydroxylation sites is 2. The second-order valence-electron chi connectivity index (χ2n) is 6.63. The van der Waals surface area contributed by atoms with E-state index in [-0.39, 0.29) is 30.8 Å². The standard InChI is InChI=1S/C18H25N3O3.ClH/c19-18(9-4-1-5-10-18)17(23)20-11-6-12-21-14-7-2-3-8-15(14)24-13-16(21)22;/h2-3,7-8H,1,4-6,9-13,19H2,(H,20,23);1H. The van der Waals surface area contributed by atoms with Crippen molar-refractivity contribution in [3.8, 4) is 5.75 Å². The molecule has 2 aliphatic rings. The molecule has 0 radical (unpaired) electrons. The van der Waals surface area contributed by atoms with Crippen LogP contribution in [0.5, 0.6) is 5.75 Å². The van der Waals surface area contributed by atoms with E-state index in [0.29, 0.717) is 19.5 Å². The molecule has 3 N–H and O–H groups in total. The Morgan fingerprint density at radius 1 is 1.24 bits per heavy atom. The molecular weight excluding hydrogens is 342 g/mol. The first kappa shape index (κ1) is 19.5. The lowest BCUT2D eigenvalue weighted by molar-refractivity contribution is -0.127. The number of ether oxygens (including phenoxy) is 1. The molecule has 0 aromatic heterocycles. The van der Waals surface area contributed by atoms with Crippen molar-refractivity contribution in [1.29, 1.82) is 0 Å². The molecule has 1 aliphatic heterocycles. The number of amides is 2. The van der Waals surface area contributed by atoms with Gasteiger partial charge in [-0.3, -0.25) is 9.59 Å². The Kier molecular flexibility index (Phi) is 6.67. The number of nitrogens with one attached hydrogen (secondary N) is 1. The van der Waals surface area contributed by atoms with Crippen LogP contribution in [0, 0.1) is 0 Å². The van der Waals surface area contributed by atoms with E-state index in [0.717, 1.165) is 43.5 Å². The molecule has 1 saturated carbocycles. The number of rotatable bonds is 5. The molecule has 3 rings (SSSR count). The number of nitrogens with zero attached hydrogens (tertiary/aromatic N) is 1. The first-order valence-corrected chi connectivity index (χ1v) is 8.69. The van der Waals surface area contributed by atoms with Crippen molar-refractivity contribution >= 4 is 29.9 Å². The number of nitrogens with two attached hydrogens (primary N) is 1. The molecule has 0 bridgehead atoms. The van der Waals surface area contributed by atoms with Gasteiger partial charge in [-0.1, -0.05) is 31.4 Å². The Morgan fingerprint density at radius 3 is 2.72 bits per heavy atom. The van der Waals surface area contributed by atoms with E-state index < -0.39 is 5.54 Å². The van der Waals surface area contributed by atoms with Crippen molar-refractivity contribution in [3.05, 3.63) is 24.3 Å². The average molecular weight is 368 g/mol. The molecule has 1 heterocycles. The van der Waals surface area contributed by atoms with E-state index in [2.05, 4.69) is 5.32 Å². The van der Waals surface area contributed by atoms with Crippen molar-refractivity contribution < 1.29 is 14.3 Å². The maximum Gasteiger partial charge on any atom is 0.265 e. The summed E-state index contributed by atoms with van der Waals surface area (Å²) in [6, 6.07) is 7.51. The van der Waals surface area contributed by atoms with Crippen molar-refractivity contribution in [2.24, 2.45) is 5.73 Å². The summed E-state index contributed by atoms with van der Waals surface area (Å²) in [5, 5.41) is 2.94. The Morgan fingerprint density at radius 2 is 1.96 bits per heavy atom. The summed E-state index contributed by atoms with van der Waals surface area (Å²) in [6.45, 7) is 1.14. The van der Waals surface area contributed by atoms with Crippen LogP contribution in [0.15, 0.2) is 24.3 Å². The fourth-order valence-electron chi connectivity index (χ4n) is 3.42. The molecule has 1 aromatic rings. The molecule has 1 aliphatic carbocycles. The third kappa shape index (κ3) is 4.44. The van der Waals surface area contributed by atoms with Gasteiger partial charge in [0.2, 0.25) is 5.91 Å². The van der Waals surface area contributed by atoms with Crippen LogP contribution in [0.2, 0.25) is 0 Å². The number of carbonyl (C=O) groups excluding carboxylic acids is 2. The average Bonchev–Trinajstić information content (AvgIpc) is 2.60. The van der Waals surface area contributed by atoms with E-state index in [4.69, 9.17) is 10.5 Å². The highest BCUT2D eigenvalue weighted by Gasteiger charge is 2.34. The Hall–Kier alpha value is -1.79. The van der Waals surface area contributed by atoms with Gasteiger partial charge in [0.15, 0.2) is 6.61 Å². The topological polar surface area (TPSA) is 84.7 Å². The molecule has 0 saturated heterocycles. The number of carbonyl (C=O) groups is 2. The molecule has 0 spiro atoms. The predicted octanol–water partition coefficient (Wildman–Crippen LogP) is 2.00. The Bertz CT molecular complexity index is 617. The number of anilines is 1. The summed E-state index contributed by atoms with van der Waals surface area (Å²) < 4.78 is 5.43. The Labute approximate surface area is 154 Å². The second-order valence-corrected chi connectivity index (χ2v) is 6.63. The van der Waals surface area contributed by atoms with Crippen LogP contribution < -0.4 is 20.7 Å². The summed E-state index contributed by atoms with van der Waals surface area (Å²) in [5.74, 6) is 0.614. The van der Waals surface area contributed by atoms with E-state index in [1.807, 2.05) is 24.3 Å². The highest BCUT2D eigenvalue weighted by atomic mass is 35.5. The summed E-state index contributed by atoms with van der Waals surface area (Å²) in [5.41, 5.74) is 6.31. The lowest BCUT2D eigenvalue weighted by atomic mass is 9.82. The first-order valence-electron chi connectivity index (χ1n) is 8.69. The fraction of sp³-hybridized carbons (Fsp3) is 0.556. The highest BCUT2D eigenvalue weighted by Crippen LogP contribution is 2.31. The van der Waals surface area contributed by atoms with Gasteiger partial charge in [-0.2, -0.15) is 0 Å².